The molecule has 20 heavy (non-hydrogen) atoms. The predicted octanol–water partition coefficient (Wildman–Crippen LogP) is 1.09. The van der Waals surface area contributed by atoms with E-state index in [0.717, 1.165) is 0 Å². The average molecular weight is 297 g/mol. The highest BCUT2D eigenvalue weighted by atomic mass is 35.5. The largest absolute Gasteiger partial charge is 0.475 e. The van der Waals surface area contributed by atoms with E-state index in [-0.39, 0.29) is 24.8 Å². The number of rotatable bonds is 5. The Morgan fingerprint density at radius 3 is 2.90 bits per heavy atom. The van der Waals surface area contributed by atoms with Crippen molar-refractivity contribution in [2.75, 3.05) is 18.5 Å². The standard InChI is InChI=1S/C12H13ClN4O3/c1-17-10(13)6-9(16-17)12(19)15-8-2-3-11(14-7-8)20-5-4-18/h2-3,6-7,18H,4-5H2,1H3,(H,15,19). The summed E-state index contributed by atoms with van der Waals surface area (Å²) in [5.41, 5.74) is 0.728. The second-order valence-electron chi connectivity index (χ2n) is 3.89. The number of amides is 1. The number of aliphatic hydroxyl groups excluding tert-OH is 1. The van der Waals surface area contributed by atoms with Crippen LogP contribution >= 0.6 is 11.6 Å². The van der Waals surface area contributed by atoms with E-state index in [9.17, 15) is 4.79 Å². The normalized spacial score (nSPS) is 10.3. The second-order valence-corrected chi connectivity index (χ2v) is 4.27. The first kappa shape index (κ1) is 14.3. The molecule has 2 aromatic heterocycles. The van der Waals surface area contributed by atoms with Crippen LogP contribution in [0.3, 0.4) is 0 Å². The van der Waals surface area contributed by atoms with E-state index in [1.54, 1.807) is 19.2 Å². The molecule has 0 unspecified atom stereocenters. The molecule has 0 saturated heterocycles. The van der Waals surface area contributed by atoms with Crippen molar-refractivity contribution < 1.29 is 14.6 Å². The molecule has 0 aliphatic rings. The van der Waals surface area contributed by atoms with Crippen LogP contribution in [0.1, 0.15) is 10.5 Å². The summed E-state index contributed by atoms with van der Waals surface area (Å²) in [5, 5.41) is 15.6. The van der Waals surface area contributed by atoms with Gasteiger partial charge in [-0.25, -0.2) is 4.98 Å². The van der Waals surface area contributed by atoms with Crippen LogP contribution in [0.15, 0.2) is 24.4 Å². The summed E-state index contributed by atoms with van der Waals surface area (Å²) in [6.45, 7) is 0.0890. The summed E-state index contributed by atoms with van der Waals surface area (Å²) in [7, 11) is 1.65. The first-order valence-corrected chi connectivity index (χ1v) is 6.18. The van der Waals surface area contributed by atoms with Crippen molar-refractivity contribution in [1.29, 1.82) is 0 Å². The zero-order valence-corrected chi connectivity index (χ0v) is 11.5. The molecular formula is C12H13ClN4O3. The van der Waals surface area contributed by atoms with E-state index >= 15 is 0 Å². The maximum absolute atomic E-state index is 11.9. The van der Waals surface area contributed by atoms with Crippen molar-refractivity contribution >= 4 is 23.2 Å². The molecule has 2 rings (SSSR count). The molecule has 8 heteroatoms. The van der Waals surface area contributed by atoms with Crippen molar-refractivity contribution in [1.82, 2.24) is 14.8 Å². The number of aliphatic hydroxyl groups is 1. The third-order valence-corrected chi connectivity index (χ3v) is 2.74. The van der Waals surface area contributed by atoms with Gasteiger partial charge in [0.25, 0.3) is 5.91 Å². The summed E-state index contributed by atoms with van der Waals surface area (Å²) in [5.74, 6) is -0.00347. The molecule has 0 saturated carbocycles. The summed E-state index contributed by atoms with van der Waals surface area (Å²) in [4.78, 5) is 15.9. The van der Waals surface area contributed by atoms with Crippen LogP contribution in [0.25, 0.3) is 0 Å². The number of pyridine rings is 1. The van der Waals surface area contributed by atoms with Crippen molar-refractivity contribution in [2.24, 2.45) is 7.05 Å². The lowest BCUT2D eigenvalue weighted by Crippen LogP contribution is -2.13. The zero-order chi connectivity index (χ0) is 14.5. The Kier molecular flexibility index (Phi) is 4.54. The number of anilines is 1. The van der Waals surface area contributed by atoms with Crippen LogP contribution in [-0.4, -0.2) is 39.0 Å². The molecule has 7 nitrogen and oxygen atoms in total. The molecule has 106 valence electrons. The monoisotopic (exact) mass is 296 g/mol. The number of carbonyl (C=O) groups is 1. The topological polar surface area (TPSA) is 89.3 Å². The van der Waals surface area contributed by atoms with Crippen LogP contribution < -0.4 is 10.1 Å². The van der Waals surface area contributed by atoms with Crippen LogP contribution in [0, 0.1) is 0 Å². The van der Waals surface area contributed by atoms with Gasteiger partial charge in [0.2, 0.25) is 5.88 Å². The molecule has 0 aromatic carbocycles. The maximum Gasteiger partial charge on any atom is 0.276 e. The number of ether oxygens (including phenoxy) is 1. The Balaban J connectivity index is 2.00. The van der Waals surface area contributed by atoms with E-state index in [4.69, 9.17) is 21.4 Å². The Labute approximate surface area is 120 Å². The molecule has 0 bridgehead atoms. The number of aromatic nitrogens is 3. The van der Waals surface area contributed by atoms with Crippen molar-refractivity contribution in [3.05, 3.63) is 35.2 Å². The lowest BCUT2D eigenvalue weighted by Gasteiger charge is -2.05. The number of hydrogen-bond donors (Lipinski definition) is 2. The smallest absolute Gasteiger partial charge is 0.276 e. The molecule has 0 radical (unpaired) electrons. The van der Waals surface area contributed by atoms with Gasteiger partial charge in [-0.3, -0.25) is 9.48 Å². The number of carbonyl (C=O) groups excluding carboxylic acids is 1. The summed E-state index contributed by atoms with van der Waals surface area (Å²) >= 11 is 5.82. The third kappa shape index (κ3) is 3.46. The number of aryl methyl sites for hydroxylation is 1. The van der Waals surface area contributed by atoms with Crippen LogP contribution in [-0.2, 0) is 7.05 Å². The van der Waals surface area contributed by atoms with Gasteiger partial charge in [-0.2, -0.15) is 5.10 Å². The van der Waals surface area contributed by atoms with Gasteiger partial charge in [-0.1, -0.05) is 11.6 Å². The maximum atomic E-state index is 11.9. The highest BCUT2D eigenvalue weighted by Crippen LogP contribution is 2.14. The minimum atomic E-state index is -0.377. The Hall–Kier alpha value is -2.12. The molecule has 2 aromatic rings. The van der Waals surface area contributed by atoms with Gasteiger partial charge in [-0.15, -0.1) is 0 Å². The van der Waals surface area contributed by atoms with Crippen molar-refractivity contribution in [2.45, 2.75) is 0 Å². The fourth-order valence-electron chi connectivity index (χ4n) is 1.44. The molecule has 0 spiro atoms. The fourth-order valence-corrected chi connectivity index (χ4v) is 1.58. The molecule has 2 N–H and O–H groups in total. The number of halogens is 1. The first-order chi connectivity index (χ1) is 9.60. The van der Waals surface area contributed by atoms with Gasteiger partial charge in [0.05, 0.1) is 18.5 Å². The van der Waals surface area contributed by atoms with E-state index in [2.05, 4.69) is 15.4 Å². The number of nitrogens with one attached hydrogen (secondary N) is 1. The highest BCUT2D eigenvalue weighted by molar-refractivity contribution is 6.30. The second kappa shape index (κ2) is 6.36. The Bertz CT molecular complexity index is 578. The molecular weight excluding hydrogens is 284 g/mol. The van der Waals surface area contributed by atoms with E-state index in [0.29, 0.717) is 16.7 Å². The van der Waals surface area contributed by atoms with Gasteiger partial charge in [0.1, 0.15) is 11.8 Å². The van der Waals surface area contributed by atoms with E-state index in [1.165, 1.54) is 16.9 Å². The zero-order valence-electron chi connectivity index (χ0n) is 10.7. The van der Waals surface area contributed by atoms with Crippen LogP contribution in [0.2, 0.25) is 5.15 Å². The van der Waals surface area contributed by atoms with Gasteiger partial charge >= 0.3 is 0 Å². The molecule has 2 heterocycles. The SMILES string of the molecule is Cn1nc(C(=O)Nc2ccc(OCCO)nc2)cc1Cl. The highest BCUT2D eigenvalue weighted by Gasteiger charge is 2.12. The fraction of sp³-hybridized carbons (Fsp3) is 0.250. The quantitative estimate of drug-likeness (QED) is 0.862. The predicted molar refractivity (Wildman–Crippen MR) is 73.0 cm³/mol. The van der Waals surface area contributed by atoms with E-state index in [1.807, 2.05) is 0 Å². The van der Waals surface area contributed by atoms with Crippen LogP contribution in [0.5, 0.6) is 5.88 Å². The Morgan fingerprint density at radius 2 is 2.35 bits per heavy atom. The summed E-state index contributed by atoms with van der Waals surface area (Å²) in [6, 6.07) is 4.71. The molecule has 0 aliphatic carbocycles. The van der Waals surface area contributed by atoms with Gasteiger partial charge in [0.15, 0.2) is 5.69 Å². The lowest BCUT2D eigenvalue weighted by atomic mass is 10.3. The van der Waals surface area contributed by atoms with Crippen LogP contribution in [0.4, 0.5) is 5.69 Å². The third-order valence-electron chi connectivity index (χ3n) is 2.39. The van der Waals surface area contributed by atoms with Gasteiger partial charge in [0, 0.05) is 19.2 Å². The van der Waals surface area contributed by atoms with E-state index < -0.39 is 0 Å². The van der Waals surface area contributed by atoms with Crippen molar-refractivity contribution in [3.63, 3.8) is 0 Å². The van der Waals surface area contributed by atoms with Crippen molar-refractivity contribution in [3.8, 4) is 5.88 Å². The molecule has 0 aliphatic heterocycles. The molecule has 1 amide bonds. The number of nitrogens with zero attached hydrogens (tertiary/aromatic N) is 3. The lowest BCUT2D eigenvalue weighted by molar-refractivity contribution is 0.102. The summed E-state index contributed by atoms with van der Waals surface area (Å²) in [6.07, 6.45) is 1.45. The number of hydrogen-bond acceptors (Lipinski definition) is 5. The minimum Gasteiger partial charge on any atom is -0.475 e. The minimum absolute atomic E-state index is 0.0827. The average Bonchev–Trinajstić information content (AvgIpc) is 2.78. The van der Waals surface area contributed by atoms with Gasteiger partial charge < -0.3 is 15.2 Å². The van der Waals surface area contributed by atoms with Gasteiger partial charge in [-0.05, 0) is 6.07 Å². The molecule has 0 fully saturated rings. The first-order valence-electron chi connectivity index (χ1n) is 5.81. The summed E-state index contributed by atoms with van der Waals surface area (Å²) < 4.78 is 6.52. The molecule has 0 atom stereocenters. The Morgan fingerprint density at radius 1 is 1.55 bits per heavy atom.